The number of halogens is 2. The number of hydrogen-bond acceptors (Lipinski definition) is 2. The first-order chi connectivity index (χ1) is 8.61. The van der Waals surface area contributed by atoms with E-state index in [2.05, 4.69) is 0 Å². The average Bonchev–Trinajstić information content (AvgIpc) is 2.36. The molecule has 0 heterocycles. The van der Waals surface area contributed by atoms with E-state index in [0.717, 1.165) is 23.1 Å². The van der Waals surface area contributed by atoms with E-state index in [1.807, 2.05) is 18.4 Å². The highest BCUT2D eigenvalue weighted by Gasteiger charge is 2.15. The standard InChI is InChI=1S/C14H12F2OS/c1-18-13-5-3-2-4-12(13)14(17)9-6-10(15)8-11(16)7-9/h2-8,14,17H,1H3. The Bertz CT molecular complexity index is 537. The lowest BCUT2D eigenvalue weighted by Gasteiger charge is -2.15. The molecule has 0 amide bonds. The molecule has 18 heavy (non-hydrogen) atoms. The molecule has 1 atom stereocenters. The lowest BCUT2D eigenvalue weighted by Crippen LogP contribution is -2.02. The molecule has 0 saturated heterocycles. The third kappa shape index (κ3) is 2.71. The first-order valence-electron chi connectivity index (χ1n) is 5.39. The van der Waals surface area contributed by atoms with Crippen LogP contribution in [0.15, 0.2) is 47.4 Å². The number of rotatable bonds is 3. The molecule has 2 aromatic rings. The highest BCUT2D eigenvalue weighted by atomic mass is 32.2. The van der Waals surface area contributed by atoms with E-state index in [0.29, 0.717) is 5.56 Å². The van der Waals surface area contributed by atoms with Crippen LogP contribution in [0.4, 0.5) is 8.78 Å². The van der Waals surface area contributed by atoms with Gasteiger partial charge in [0.25, 0.3) is 0 Å². The van der Waals surface area contributed by atoms with Gasteiger partial charge < -0.3 is 5.11 Å². The fraction of sp³-hybridized carbons (Fsp3) is 0.143. The van der Waals surface area contributed by atoms with Crippen molar-refractivity contribution in [3.63, 3.8) is 0 Å². The Morgan fingerprint density at radius 1 is 1.06 bits per heavy atom. The minimum absolute atomic E-state index is 0.217. The van der Waals surface area contributed by atoms with Crippen molar-refractivity contribution in [2.75, 3.05) is 6.26 Å². The zero-order chi connectivity index (χ0) is 13.1. The van der Waals surface area contributed by atoms with Gasteiger partial charge in [-0.25, -0.2) is 8.78 Å². The minimum Gasteiger partial charge on any atom is -0.384 e. The second-order valence-electron chi connectivity index (χ2n) is 3.85. The molecule has 0 aliphatic heterocycles. The van der Waals surface area contributed by atoms with Gasteiger partial charge in [-0.3, -0.25) is 0 Å². The van der Waals surface area contributed by atoms with E-state index < -0.39 is 17.7 Å². The Morgan fingerprint density at radius 2 is 1.67 bits per heavy atom. The van der Waals surface area contributed by atoms with Crippen LogP contribution < -0.4 is 0 Å². The van der Waals surface area contributed by atoms with Crippen LogP contribution in [0.1, 0.15) is 17.2 Å². The largest absolute Gasteiger partial charge is 0.384 e. The molecule has 0 aliphatic carbocycles. The van der Waals surface area contributed by atoms with Crippen molar-refractivity contribution in [1.82, 2.24) is 0 Å². The van der Waals surface area contributed by atoms with Crippen molar-refractivity contribution in [3.8, 4) is 0 Å². The van der Waals surface area contributed by atoms with Crippen molar-refractivity contribution < 1.29 is 13.9 Å². The first-order valence-corrected chi connectivity index (χ1v) is 6.61. The third-order valence-electron chi connectivity index (χ3n) is 2.63. The topological polar surface area (TPSA) is 20.2 Å². The lowest BCUT2D eigenvalue weighted by molar-refractivity contribution is 0.216. The van der Waals surface area contributed by atoms with Gasteiger partial charge in [0.15, 0.2) is 0 Å². The fourth-order valence-electron chi connectivity index (χ4n) is 1.80. The highest BCUT2D eigenvalue weighted by Crippen LogP contribution is 2.30. The highest BCUT2D eigenvalue weighted by molar-refractivity contribution is 7.98. The zero-order valence-corrected chi connectivity index (χ0v) is 10.5. The molecule has 0 fully saturated rings. The summed E-state index contributed by atoms with van der Waals surface area (Å²) < 4.78 is 26.3. The van der Waals surface area contributed by atoms with E-state index in [9.17, 15) is 13.9 Å². The summed E-state index contributed by atoms with van der Waals surface area (Å²) >= 11 is 1.48. The summed E-state index contributed by atoms with van der Waals surface area (Å²) in [4.78, 5) is 0.884. The smallest absolute Gasteiger partial charge is 0.126 e. The average molecular weight is 266 g/mol. The van der Waals surface area contributed by atoms with E-state index in [1.54, 1.807) is 12.1 Å². The minimum atomic E-state index is -1.03. The van der Waals surface area contributed by atoms with Gasteiger partial charge in [-0.15, -0.1) is 11.8 Å². The molecular weight excluding hydrogens is 254 g/mol. The van der Waals surface area contributed by atoms with Crippen LogP contribution in [-0.2, 0) is 0 Å². The van der Waals surface area contributed by atoms with Crippen LogP contribution in [-0.4, -0.2) is 11.4 Å². The van der Waals surface area contributed by atoms with Crippen molar-refractivity contribution in [1.29, 1.82) is 0 Å². The summed E-state index contributed by atoms with van der Waals surface area (Å²) in [5, 5.41) is 10.2. The van der Waals surface area contributed by atoms with Crippen LogP contribution in [0.2, 0.25) is 0 Å². The third-order valence-corrected chi connectivity index (χ3v) is 3.45. The molecule has 0 bridgehead atoms. The second-order valence-corrected chi connectivity index (χ2v) is 4.70. The second kappa shape index (κ2) is 5.50. The van der Waals surface area contributed by atoms with Gasteiger partial charge in [0.1, 0.15) is 17.7 Å². The van der Waals surface area contributed by atoms with Gasteiger partial charge in [-0.1, -0.05) is 18.2 Å². The predicted octanol–water partition coefficient (Wildman–Crippen LogP) is 3.77. The summed E-state index contributed by atoms with van der Waals surface area (Å²) in [6, 6.07) is 10.3. The molecule has 2 aromatic carbocycles. The van der Waals surface area contributed by atoms with E-state index in [-0.39, 0.29) is 5.56 Å². The normalized spacial score (nSPS) is 12.4. The predicted molar refractivity (Wildman–Crippen MR) is 68.6 cm³/mol. The monoisotopic (exact) mass is 266 g/mol. The van der Waals surface area contributed by atoms with Gasteiger partial charge in [0, 0.05) is 11.0 Å². The maximum absolute atomic E-state index is 13.1. The Balaban J connectivity index is 2.44. The molecule has 0 radical (unpaired) electrons. The number of benzene rings is 2. The quantitative estimate of drug-likeness (QED) is 0.853. The van der Waals surface area contributed by atoms with Crippen molar-refractivity contribution >= 4 is 11.8 Å². The molecule has 1 N–H and O–H groups in total. The Labute approximate surface area is 108 Å². The van der Waals surface area contributed by atoms with Gasteiger partial charge >= 0.3 is 0 Å². The number of thioether (sulfide) groups is 1. The SMILES string of the molecule is CSc1ccccc1C(O)c1cc(F)cc(F)c1. The number of aliphatic hydroxyl groups excluding tert-OH is 1. The summed E-state index contributed by atoms with van der Waals surface area (Å²) in [6.07, 6.45) is 0.858. The number of hydrogen-bond donors (Lipinski definition) is 1. The zero-order valence-electron chi connectivity index (χ0n) is 9.73. The van der Waals surface area contributed by atoms with Crippen molar-refractivity contribution in [2.24, 2.45) is 0 Å². The molecular formula is C14H12F2OS. The molecule has 1 nitrogen and oxygen atoms in total. The molecule has 94 valence electrons. The van der Waals surface area contributed by atoms with E-state index in [1.165, 1.54) is 11.8 Å². The van der Waals surface area contributed by atoms with Gasteiger partial charge in [-0.05, 0) is 35.6 Å². The molecule has 4 heteroatoms. The van der Waals surface area contributed by atoms with Crippen LogP contribution in [0.3, 0.4) is 0 Å². The molecule has 0 spiro atoms. The first kappa shape index (κ1) is 13.1. The van der Waals surface area contributed by atoms with Crippen molar-refractivity contribution in [3.05, 3.63) is 65.2 Å². The summed E-state index contributed by atoms with van der Waals surface area (Å²) in [5.41, 5.74) is 0.865. The Hall–Kier alpha value is -1.39. The Morgan fingerprint density at radius 3 is 2.28 bits per heavy atom. The molecule has 2 rings (SSSR count). The van der Waals surface area contributed by atoms with Gasteiger partial charge in [-0.2, -0.15) is 0 Å². The fourth-order valence-corrected chi connectivity index (χ4v) is 2.43. The maximum Gasteiger partial charge on any atom is 0.126 e. The van der Waals surface area contributed by atoms with E-state index >= 15 is 0 Å². The molecule has 0 saturated carbocycles. The van der Waals surface area contributed by atoms with Crippen LogP contribution in [0.5, 0.6) is 0 Å². The van der Waals surface area contributed by atoms with Crippen LogP contribution >= 0.6 is 11.8 Å². The summed E-state index contributed by atoms with van der Waals surface area (Å²) in [6.45, 7) is 0. The Kier molecular flexibility index (Phi) is 3.99. The molecule has 0 aliphatic rings. The van der Waals surface area contributed by atoms with Gasteiger partial charge in [0.2, 0.25) is 0 Å². The van der Waals surface area contributed by atoms with Crippen LogP contribution in [0.25, 0.3) is 0 Å². The van der Waals surface area contributed by atoms with Crippen LogP contribution in [0, 0.1) is 11.6 Å². The summed E-state index contributed by atoms with van der Waals surface area (Å²) in [5.74, 6) is -1.38. The van der Waals surface area contributed by atoms with Gasteiger partial charge in [0.05, 0.1) is 0 Å². The maximum atomic E-state index is 13.1. The van der Waals surface area contributed by atoms with E-state index in [4.69, 9.17) is 0 Å². The lowest BCUT2D eigenvalue weighted by atomic mass is 10.0. The summed E-state index contributed by atoms with van der Waals surface area (Å²) in [7, 11) is 0. The number of aliphatic hydroxyl groups is 1. The molecule has 0 aromatic heterocycles. The van der Waals surface area contributed by atoms with Crippen molar-refractivity contribution in [2.45, 2.75) is 11.0 Å². The molecule has 1 unspecified atom stereocenters.